The third kappa shape index (κ3) is 2.63. The van der Waals surface area contributed by atoms with Crippen molar-refractivity contribution >= 4 is 0 Å². The minimum atomic E-state index is -0.0761. The molecule has 1 fully saturated rings. The third-order valence-electron chi connectivity index (χ3n) is 4.34. The van der Waals surface area contributed by atoms with E-state index >= 15 is 0 Å². The van der Waals surface area contributed by atoms with Crippen molar-refractivity contribution in [3.05, 3.63) is 53.6 Å². The molecule has 1 aliphatic carbocycles. The van der Waals surface area contributed by atoms with Crippen molar-refractivity contribution in [2.75, 3.05) is 13.2 Å². The Hall–Kier alpha value is -1.94. The summed E-state index contributed by atoms with van der Waals surface area (Å²) in [7, 11) is 0. The van der Waals surface area contributed by atoms with E-state index in [1.807, 2.05) is 32.0 Å². The Balaban J connectivity index is 1.78. The van der Waals surface area contributed by atoms with Crippen LogP contribution in [0.2, 0.25) is 0 Å². The van der Waals surface area contributed by atoms with Crippen LogP contribution in [0.25, 0.3) is 0 Å². The van der Waals surface area contributed by atoms with Gasteiger partial charge in [0.1, 0.15) is 5.82 Å². The average molecular weight is 284 g/mol. The zero-order valence-electron chi connectivity index (χ0n) is 12.4. The number of hydrogen-bond donors (Lipinski definition) is 1. The first-order valence-corrected chi connectivity index (χ1v) is 7.25. The number of ether oxygens (including phenoxy) is 1. The van der Waals surface area contributed by atoms with Crippen LogP contribution in [-0.4, -0.2) is 28.3 Å². The molecule has 4 heteroatoms. The molecule has 21 heavy (non-hydrogen) atoms. The number of aromatic nitrogens is 2. The van der Waals surface area contributed by atoms with E-state index in [1.54, 1.807) is 6.20 Å². The van der Waals surface area contributed by atoms with Crippen molar-refractivity contribution in [2.45, 2.75) is 25.7 Å². The normalized spacial score (nSPS) is 23.9. The summed E-state index contributed by atoms with van der Waals surface area (Å²) >= 11 is 0. The molecule has 1 aromatic heterocycles. The Kier molecular flexibility index (Phi) is 3.64. The maximum absolute atomic E-state index is 9.51. The van der Waals surface area contributed by atoms with E-state index in [2.05, 4.69) is 22.1 Å². The van der Waals surface area contributed by atoms with Crippen LogP contribution in [0, 0.1) is 19.8 Å². The second-order valence-electron chi connectivity index (χ2n) is 5.76. The Labute approximate surface area is 124 Å². The van der Waals surface area contributed by atoms with Crippen LogP contribution in [0.5, 0.6) is 5.75 Å². The van der Waals surface area contributed by atoms with Crippen LogP contribution in [0.3, 0.4) is 0 Å². The highest BCUT2D eigenvalue weighted by Crippen LogP contribution is 2.54. The van der Waals surface area contributed by atoms with Gasteiger partial charge in [0.25, 0.3) is 0 Å². The molecule has 2 aromatic rings. The summed E-state index contributed by atoms with van der Waals surface area (Å²) in [6.07, 6.45) is 2.69. The fraction of sp³-hybridized carbons (Fsp3) is 0.412. The van der Waals surface area contributed by atoms with Gasteiger partial charge in [0.2, 0.25) is 0 Å². The van der Waals surface area contributed by atoms with Gasteiger partial charge < -0.3 is 9.84 Å². The largest absolute Gasteiger partial charge is 0.489 e. The average Bonchev–Trinajstić information content (AvgIpc) is 3.22. The number of aryl methyl sites for hydroxylation is 2. The first-order chi connectivity index (χ1) is 10.2. The van der Waals surface area contributed by atoms with Gasteiger partial charge in [0, 0.05) is 12.0 Å². The maximum atomic E-state index is 9.51. The lowest BCUT2D eigenvalue weighted by Gasteiger charge is -2.19. The van der Waals surface area contributed by atoms with Crippen LogP contribution in [0.15, 0.2) is 36.5 Å². The molecular weight excluding hydrogens is 264 g/mol. The van der Waals surface area contributed by atoms with Crippen molar-refractivity contribution in [2.24, 2.45) is 5.92 Å². The molecule has 4 nitrogen and oxygen atoms in total. The molecular formula is C17H20N2O2. The van der Waals surface area contributed by atoms with Crippen LogP contribution in [0.4, 0.5) is 0 Å². The molecule has 0 aliphatic heterocycles. The van der Waals surface area contributed by atoms with Gasteiger partial charge in [-0.05, 0) is 31.7 Å². The predicted molar refractivity (Wildman–Crippen MR) is 80.3 cm³/mol. The summed E-state index contributed by atoms with van der Waals surface area (Å²) < 4.78 is 5.97. The molecule has 2 atom stereocenters. The number of aliphatic hydroxyl groups excluding tert-OH is 1. The highest BCUT2D eigenvalue weighted by Gasteiger charge is 2.55. The number of hydrogen-bond acceptors (Lipinski definition) is 4. The van der Waals surface area contributed by atoms with E-state index < -0.39 is 0 Å². The molecule has 0 saturated heterocycles. The van der Waals surface area contributed by atoms with Crippen LogP contribution < -0.4 is 4.74 Å². The van der Waals surface area contributed by atoms with Crippen LogP contribution in [-0.2, 0) is 5.41 Å². The van der Waals surface area contributed by atoms with Gasteiger partial charge in [-0.25, -0.2) is 9.97 Å². The quantitative estimate of drug-likeness (QED) is 0.916. The van der Waals surface area contributed by atoms with Gasteiger partial charge in [0.05, 0.1) is 18.5 Å². The molecule has 3 rings (SSSR count). The highest BCUT2D eigenvalue weighted by atomic mass is 16.5. The number of rotatable bonds is 5. The molecule has 1 heterocycles. The van der Waals surface area contributed by atoms with Gasteiger partial charge in [-0.1, -0.05) is 30.3 Å². The Morgan fingerprint density at radius 1 is 1.29 bits per heavy atom. The summed E-state index contributed by atoms with van der Waals surface area (Å²) in [4.78, 5) is 8.51. The molecule has 0 bridgehead atoms. The molecule has 1 N–H and O–H groups in total. The SMILES string of the molecule is Cc1ncc(OC[C@@]2(c3ccccc3)C[C@H]2CO)c(C)n1. The van der Waals surface area contributed by atoms with E-state index in [0.717, 1.165) is 23.7 Å². The molecule has 0 spiro atoms. The lowest BCUT2D eigenvalue weighted by molar-refractivity contribution is 0.224. The van der Waals surface area contributed by atoms with Crippen LogP contribution in [0.1, 0.15) is 23.5 Å². The standard InChI is InChI=1S/C17H20N2O2/c1-12-16(9-18-13(2)19-12)21-11-17(8-15(17)10-20)14-6-4-3-5-7-14/h3-7,9,15,20H,8,10-11H2,1-2H3/t15-,17+/m0/s1. The zero-order valence-corrected chi connectivity index (χ0v) is 12.4. The van der Waals surface area contributed by atoms with Gasteiger partial charge in [0.15, 0.2) is 5.75 Å². The highest BCUT2D eigenvalue weighted by molar-refractivity contribution is 5.35. The molecule has 0 amide bonds. The van der Waals surface area contributed by atoms with Crippen molar-refractivity contribution in [3.8, 4) is 5.75 Å². The van der Waals surface area contributed by atoms with E-state index in [0.29, 0.717) is 6.61 Å². The number of benzene rings is 1. The summed E-state index contributed by atoms with van der Waals surface area (Å²) in [6, 6.07) is 10.3. The van der Waals surface area contributed by atoms with E-state index in [9.17, 15) is 5.11 Å². The van der Waals surface area contributed by atoms with Crippen molar-refractivity contribution in [1.82, 2.24) is 9.97 Å². The molecule has 110 valence electrons. The molecule has 1 saturated carbocycles. The number of nitrogens with zero attached hydrogens (tertiary/aromatic N) is 2. The number of aliphatic hydroxyl groups is 1. The topological polar surface area (TPSA) is 55.2 Å². The minimum Gasteiger partial charge on any atom is -0.489 e. The summed E-state index contributed by atoms with van der Waals surface area (Å²) in [6.45, 7) is 4.54. The Morgan fingerprint density at radius 3 is 2.67 bits per heavy atom. The smallest absolute Gasteiger partial charge is 0.158 e. The summed E-state index contributed by atoms with van der Waals surface area (Å²) in [5.74, 6) is 1.74. The minimum absolute atomic E-state index is 0.0761. The maximum Gasteiger partial charge on any atom is 0.158 e. The molecule has 1 aromatic carbocycles. The van der Waals surface area contributed by atoms with Crippen molar-refractivity contribution < 1.29 is 9.84 Å². The van der Waals surface area contributed by atoms with E-state index in [4.69, 9.17) is 4.74 Å². The predicted octanol–water partition coefficient (Wildman–Crippen LogP) is 2.42. The molecule has 0 radical (unpaired) electrons. The first-order valence-electron chi connectivity index (χ1n) is 7.25. The first kappa shape index (κ1) is 14.0. The fourth-order valence-electron chi connectivity index (χ4n) is 2.92. The zero-order chi connectivity index (χ0) is 14.9. The van der Waals surface area contributed by atoms with Crippen molar-refractivity contribution in [1.29, 1.82) is 0 Å². The second kappa shape index (κ2) is 5.45. The monoisotopic (exact) mass is 284 g/mol. The van der Waals surface area contributed by atoms with Gasteiger partial charge in [-0.2, -0.15) is 0 Å². The molecule has 0 unspecified atom stereocenters. The lowest BCUT2D eigenvalue weighted by atomic mass is 9.94. The fourth-order valence-corrected chi connectivity index (χ4v) is 2.92. The lowest BCUT2D eigenvalue weighted by Crippen LogP contribution is -2.22. The Bertz CT molecular complexity index is 630. The van der Waals surface area contributed by atoms with Gasteiger partial charge in [-0.15, -0.1) is 0 Å². The van der Waals surface area contributed by atoms with Gasteiger partial charge in [-0.3, -0.25) is 0 Å². The third-order valence-corrected chi connectivity index (χ3v) is 4.34. The van der Waals surface area contributed by atoms with Gasteiger partial charge >= 0.3 is 0 Å². The van der Waals surface area contributed by atoms with E-state index in [-0.39, 0.29) is 17.9 Å². The van der Waals surface area contributed by atoms with Crippen molar-refractivity contribution in [3.63, 3.8) is 0 Å². The summed E-state index contributed by atoms with van der Waals surface area (Å²) in [5, 5.41) is 9.51. The van der Waals surface area contributed by atoms with Crippen LogP contribution >= 0.6 is 0 Å². The Morgan fingerprint density at radius 2 is 2.05 bits per heavy atom. The van der Waals surface area contributed by atoms with E-state index in [1.165, 1.54) is 5.56 Å². The molecule has 1 aliphatic rings. The second-order valence-corrected chi connectivity index (χ2v) is 5.76. The summed E-state index contributed by atoms with van der Waals surface area (Å²) in [5.41, 5.74) is 2.01.